The number of hydrogen-bond donors (Lipinski definition) is 3. The van der Waals surface area contributed by atoms with Crippen molar-refractivity contribution in [3.8, 4) is 23.5 Å². The third kappa shape index (κ3) is 3.31. The van der Waals surface area contributed by atoms with E-state index in [4.69, 9.17) is 4.74 Å². The second-order valence-electron chi connectivity index (χ2n) is 6.87. The van der Waals surface area contributed by atoms with Gasteiger partial charge in [0.1, 0.15) is 18.2 Å². The van der Waals surface area contributed by atoms with Gasteiger partial charge in [-0.3, -0.25) is 10.1 Å². The highest BCUT2D eigenvalue weighted by Gasteiger charge is 2.48. The van der Waals surface area contributed by atoms with Crippen LogP contribution in [0.3, 0.4) is 0 Å². The van der Waals surface area contributed by atoms with Gasteiger partial charge in [0.15, 0.2) is 11.4 Å². The lowest BCUT2D eigenvalue weighted by molar-refractivity contribution is -0.124. The molecule has 30 heavy (non-hydrogen) atoms. The van der Waals surface area contributed by atoms with Crippen molar-refractivity contribution in [2.45, 2.75) is 19.0 Å². The zero-order valence-electron chi connectivity index (χ0n) is 16.0. The first kappa shape index (κ1) is 19.3. The van der Waals surface area contributed by atoms with E-state index in [1.807, 2.05) is 0 Å². The summed E-state index contributed by atoms with van der Waals surface area (Å²) in [7, 11) is 0. The number of aromatic hydroxyl groups is 1. The normalized spacial score (nSPS) is 17.9. The smallest absolute Gasteiger partial charge is 0.322 e. The maximum absolute atomic E-state index is 13.4. The van der Waals surface area contributed by atoms with Gasteiger partial charge in [0.25, 0.3) is 5.91 Å². The zero-order chi connectivity index (χ0) is 21.3. The highest BCUT2D eigenvalue weighted by atomic mass is 19.1. The van der Waals surface area contributed by atoms with Crippen molar-refractivity contribution in [2.75, 3.05) is 6.61 Å². The van der Waals surface area contributed by atoms with Crippen LogP contribution in [0.2, 0.25) is 0 Å². The summed E-state index contributed by atoms with van der Waals surface area (Å²) in [6, 6.07) is 9.79. The van der Waals surface area contributed by atoms with Crippen molar-refractivity contribution < 1.29 is 23.8 Å². The monoisotopic (exact) mass is 407 g/mol. The number of amides is 3. The van der Waals surface area contributed by atoms with Gasteiger partial charge in [0.05, 0.1) is 6.54 Å². The summed E-state index contributed by atoms with van der Waals surface area (Å²) in [6.45, 7) is 1.88. The lowest BCUT2D eigenvalue weighted by Gasteiger charge is -2.27. The highest BCUT2D eigenvalue weighted by molar-refractivity contribution is 6.07. The third-order valence-corrected chi connectivity index (χ3v) is 5.00. The molecular weight excluding hydrogens is 389 g/mol. The largest absolute Gasteiger partial charge is 0.494 e. The summed E-state index contributed by atoms with van der Waals surface area (Å²) >= 11 is 0. The molecule has 152 valence electrons. The van der Waals surface area contributed by atoms with Crippen LogP contribution in [-0.4, -0.2) is 28.2 Å². The molecule has 4 rings (SSSR count). The minimum absolute atomic E-state index is 0.0691. The van der Waals surface area contributed by atoms with Gasteiger partial charge in [-0.15, -0.1) is 5.92 Å². The highest BCUT2D eigenvalue weighted by Crippen LogP contribution is 2.34. The number of benzene rings is 2. The summed E-state index contributed by atoms with van der Waals surface area (Å²) in [4.78, 5) is 24.6. The number of imide groups is 1. The van der Waals surface area contributed by atoms with Crippen molar-refractivity contribution in [1.29, 1.82) is 0 Å². The van der Waals surface area contributed by atoms with E-state index in [0.717, 1.165) is 0 Å². The Morgan fingerprint density at radius 2 is 1.97 bits per heavy atom. The molecular formula is C22H18FN3O4. The Balaban J connectivity index is 1.73. The third-order valence-electron chi connectivity index (χ3n) is 5.00. The molecule has 0 aliphatic carbocycles. The summed E-state index contributed by atoms with van der Waals surface area (Å²) in [6.07, 6.45) is 1.66. The van der Waals surface area contributed by atoms with E-state index >= 15 is 0 Å². The zero-order valence-corrected chi connectivity index (χ0v) is 16.0. The van der Waals surface area contributed by atoms with Gasteiger partial charge in [-0.05, 0) is 42.8 Å². The Morgan fingerprint density at radius 3 is 2.63 bits per heavy atom. The van der Waals surface area contributed by atoms with E-state index in [2.05, 4.69) is 22.5 Å². The number of aromatic nitrogens is 1. The van der Waals surface area contributed by atoms with E-state index in [1.165, 1.54) is 28.8 Å². The van der Waals surface area contributed by atoms with E-state index in [-0.39, 0.29) is 19.0 Å². The molecule has 1 fully saturated rings. The molecule has 7 nitrogen and oxygen atoms in total. The molecule has 1 atom stereocenters. The van der Waals surface area contributed by atoms with Crippen LogP contribution in [-0.2, 0) is 16.9 Å². The maximum Gasteiger partial charge on any atom is 0.322 e. The van der Waals surface area contributed by atoms with Crippen molar-refractivity contribution >= 4 is 22.7 Å². The van der Waals surface area contributed by atoms with Gasteiger partial charge in [-0.1, -0.05) is 18.1 Å². The molecule has 8 heteroatoms. The minimum Gasteiger partial charge on any atom is -0.494 e. The maximum atomic E-state index is 13.4. The summed E-state index contributed by atoms with van der Waals surface area (Å²) < 4.78 is 20.4. The van der Waals surface area contributed by atoms with E-state index in [9.17, 15) is 19.1 Å². The van der Waals surface area contributed by atoms with Gasteiger partial charge in [-0.25, -0.2) is 9.18 Å². The van der Waals surface area contributed by atoms with Gasteiger partial charge in [0, 0.05) is 17.0 Å². The topological polar surface area (TPSA) is 92.6 Å². The average molecular weight is 407 g/mol. The fourth-order valence-corrected chi connectivity index (χ4v) is 3.52. The average Bonchev–Trinajstić information content (AvgIpc) is 3.18. The Kier molecular flexibility index (Phi) is 4.80. The Hall–Kier alpha value is -3.99. The number of urea groups is 1. The van der Waals surface area contributed by atoms with Crippen LogP contribution in [0, 0.1) is 17.7 Å². The fourth-order valence-electron chi connectivity index (χ4n) is 3.52. The Morgan fingerprint density at radius 1 is 1.20 bits per heavy atom. The number of halogens is 1. The van der Waals surface area contributed by atoms with Crippen molar-refractivity contribution in [3.05, 3.63) is 60.0 Å². The van der Waals surface area contributed by atoms with Crippen LogP contribution in [0.1, 0.15) is 12.5 Å². The SMILES string of the molecule is CC#CCOc1ccc2c(O)n(C[C@@]3(c4ccc(F)cc4)NC(=O)NC3=O)cc2c1. The molecule has 0 unspecified atom stereocenters. The molecule has 1 saturated heterocycles. The van der Waals surface area contributed by atoms with Gasteiger partial charge in [-0.2, -0.15) is 0 Å². The number of carbonyl (C=O) groups is 2. The number of nitrogens with one attached hydrogen (secondary N) is 2. The second kappa shape index (κ2) is 7.44. The first-order chi connectivity index (χ1) is 14.4. The first-order valence-corrected chi connectivity index (χ1v) is 9.17. The second-order valence-corrected chi connectivity index (χ2v) is 6.87. The molecule has 0 saturated carbocycles. The Labute approximate surface area is 171 Å². The Bertz CT molecular complexity index is 1210. The standard InChI is InChI=1S/C22H18FN3O4/c1-2-3-10-30-17-8-9-18-14(11-17)12-26(19(18)27)13-22(20(28)24-21(29)25-22)15-4-6-16(23)7-5-15/h4-9,11-12,27H,10,13H2,1H3,(H2,24,25,28,29)/t22-/m0/s1. The van der Waals surface area contributed by atoms with Gasteiger partial charge < -0.3 is 19.7 Å². The number of rotatable bonds is 5. The predicted octanol–water partition coefficient (Wildman–Crippen LogP) is 2.62. The molecule has 3 N–H and O–H groups in total. The molecule has 0 radical (unpaired) electrons. The molecule has 2 heterocycles. The summed E-state index contributed by atoms with van der Waals surface area (Å²) in [5, 5.41) is 16.8. The molecule has 2 aromatic carbocycles. The van der Waals surface area contributed by atoms with E-state index in [0.29, 0.717) is 22.1 Å². The fraction of sp³-hybridized carbons (Fsp3) is 0.182. The number of carbonyl (C=O) groups excluding carboxylic acids is 2. The van der Waals surface area contributed by atoms with Crippen LogP contribution in [0.5, 0.6) is 11.6 Å². The van der Waals surface area contributed by atoms with Crippen molar-refractivity contribution in [1.82, 2.24) is 15.2 Å². The number of ether oxygens (including phenoxy) is 1. The molecule has 0 spiro atoms. The lowest BCUT2D eigenvalue weighted by Crippen LogP contribution is -2.47. The summed E-state index contributed by atoms with van der Waals surface area (Å²) in [5.41, 5.74) is -1.10. The van der Waals surface area contributed by atoms with Gasteiger partial charge >= 0.3 is 6.03 Å². The van der Waals surface area contributed by atoms with E-state index < -0.39 is 23.3 Å². The summed E-state index contributed by atoms with van der Waals surface area (Å²) in [5.74, 6) is 5.02. The number of fused-ring (bicyclic) bond motifs is 1. The molecule has 3 aromatic rings. The molecule has 1 aliphatic rings. The van der Waals surface area contributed by atoms with Crippen LogP contribution in [0.4, 0.5) is 9.18 Å². The quantitative estimate of drug-likeness (QED) is 0.448. The van der Waals surface area contributed by atoms with Gasteiger partial charge in [0.2, 0.25) is 0 Å². The van der Waals surface area contributed by atoms with Crippen LogP contribution in [0.25, 0.3) is 10.8 Å². The van der Waals surface area contributed by atoms with E-state index in [1.54, 1.807) is 31.3 Å². The first-order valence-electron chi connectivity index (χ1n) is 9.17. The van der Waals surface area contributed by atoms with Crippen LogP contribution in [0.15, 0.2) is 48.7 Å². The van der Waals surface area contributed by atoms with Crippen molar-refractivity contribution in [2.24, 2.45) is 0 Å². The molecule has 3 amide bonds. The lowest BCUT2D eigenvalue weighted by atomic mass is 9.89. The molecule has 0 bridgehead atoms. The van der Waals surface area contributed by atoms with Crippen LogP contribution >= 0.6 is 0 Å². The van der Waals surface area contributed by atoms with Crippen LogP contribution < -0.4 is 15.4 Å². The molecule has 1 aliphatic heterocycles. The number of nitrogens with zero attached hydrogens (tertiary/aromatic N) is 1. The molecule has 1 aromatic heterocycles. The minimum atomic E-state index is -1.49. The van der Waals surface area contributed by atoms with Crippen molar-refractivity contribution in [3.63, 3.8) is 0 Å². The number of hydrogen-bond acceptors (Lipinski definition) is 4. The predicted molar refractivity (Wildman–Crippen MR) is 107 cm³/mol.